The lowest BCUT2D eigenvalue weighted by Gasteiger charge is -2.27. The molecule has 2 atom stereocenters. The van der Waals surface area contributed by atoms with Crippen LogP contribution in [0.1, 0.15) is 47.4 Å². The highest BCUT2D eigenvalue weighted by Crippen LogP contribution is 2.32. The number of hydrogen-bond acceptors (Lipinski definition) is 4. The molecule has 20 heavy (non-hydrogen) atoms. The molecule has 0 bridgehead atoms. The molecule has 0 radical (unpaired) electrons. The maximum absolute atomic E-state index is 12.7. The highest BCUT2D eigenvalue weighted by atomic mass is 32.2. The Balaban J connectivity index is 2.25. The first-order chi connectivity index (χ1) is 9.21. The van der Waals surface area contributed by atoms with Crippen molar-refractivity contribution in [3.05, 3.63) is 17.0 Å². The van der Waals surface area contributed by atoms with E-state index in [9.17, 15) is 13.2 Å². The van der Waals surface area contributed by atoms with Gasteiger partial charge < -0.3 is 0 Å². The van der Waals surface area contributed by atoms with E-state index in [-0.39, 0.29) is 17.0 Å². The third-order valence-corrected chi connectivity index (χ3v) is 6.00. The van der Waals surface area contributed by atoms with Gasteiger partial charge in [0.1, 0.15) is 9.84 Å². The summed E-state index contributed by atoms with van der Waals surface area (Å²) >= 11 is 0. The van der Waals surface area contributed by atoms with Crippen LogP contribution in [0.25, 0.3) is 0 Å². The third-order valence-electron chi connectivity index (χ3n) is 4.36. The van der Waals surface area contributed by atoms with Crippen molar-refractivity contribution in [1.82, 2.24) is 9.78 Å². The predicted molar refractivity (Wildman–Crippen MR) is 77.6 cm³/mol. The van der Waals surface area contributed by atoms with Crippen molar-refractivity contribution >= 4 is 15.6 Å². The lowest BCUT2D eigenvalue weighted by molar-refractivity contribution is 0.0889. The molecule has 0 amide bonds. The molecule has 2 unspecified atom stereocenters. The van der Waals surface area contributed by atoms with Crippen molar-refractivity contribution in [2.45, 2.75) is 44.8 Å². The predicted octanol–water partition coefficient (Wildman–Crippen LogP) is 1.82. The zero-order valence-electron chi connectivity index (χ0n) is 12.5. The molecule has 1 aliphatic carbocycles. The summed E-state index contributed by atoms with van der Waals surface area (Å²) in [4.78, 5) is 12.7. The lowest BCUT2D eigenvalue weighted by Crippen LogP contribution is -2.31. The fourth-order valence-corrected chi connectivity index (χ4v) is 4.28. The Hall–Kier alpha value is -1.17. The van der Waals surface area contributed by atoms with Crippen LogP contribution in [-0.2, 0) is 16.9 Å². The topological polar surface area (TPSA) is 69.0 Å². The standard InChI is InChI=1S/C14H22N2O3S/c1-9-13(10(2)16(3)15-9)14(17)11-6-5-7-12(8-11)20(4,18)19/h11-12H,5-8H2,1-4H3. The van der Waals surface area contributed by atoms with Crippen LogP contribution in [0.2, 0.25) is 0 Å². The molecule has 2 rings (SSSR count). The van der Waals surface area contributed by atoms with E-state index in [1.807, 2.05) is 20.9 Å². The van der Waals surface area contributed by atoms with Gasteiger partial charge in [-0.3, -0.25) is 9.48 Å². The molecule has 0 N–H and O–H groups in total. The zero-order chi connectivity index (χ0) is 15.1. The molecule has 0 spiro atoms. The smallest absolute Gasteiger partial charge is 0.169 e. The Kier molecular flexibility index (Phi) is 4.04. The molecule has 0 aromatic carbocycles. The van der Waals surface area contributed by atoms with Crippen molar-refractivity contribution in [1.29, 1.82) is 0 Å². The van der Waals surface area contributed by atoms with Crippen molar-refractivity contribution in [2.24, 2.45) is 13.0 Å². The summed E-state index contributed by atoms with van der Waals surface area (Å²) in [5.41, 5.74) is 2.26. The number of aryl methyl sites for hydroxylation is 2. The van der Waals surface area contributed by atoms with E-state index >= 15 is 0 Å². The fraction of sp³-hybridized carbons (Fsp3) is 0.714. The van der Waals surface area contributed by atoms with Crippen molar-refractivity contribution in [3.63, 3.8) is 0 Å². The van der Waals surface area contributed by atoms with E-state index in [1.165, 1.54) is 6.26 Å². The fourth-order valence-electron chi connectivity index (χ4n) is 3.11. The molecular weight excluding hydrogens is 276 g/mol. The number of aromatic nitrogens is 2. The van der Waals surface area contributed by atoms with Gasteiger partial charge in [-0.2, -0.15) is 5.10 Å². The maximum atomic E-state index is 12.7. The van der Waals surface area contributed by atoms with Gasteiger partial charge in [-0.15, -0.1) is 0 Å². The van der Waals surface area contributed by atoms with Gasteiger partial charge in [-0.25, -0.2) is 8.42 Å². The van der Waals surface area contributed by atoms with Gasteiger partial charge in [0, 0.05) is 24.9 Å². The van der Waals surface area contributed by atoms with E-state index < -0.39 is 9.84 Å². The Morgan fingerprint density at radius 2 is 1.95 bits per heavy atom. The first-order valence-corrected chi connectivity index (χ1v) is 8.90. The second-order valence-corrected chi connectivity index (χ2v) is 8.17. The van der Waals surface area contributed by atoms with Crippen molar-refractivity contribution in [3.8, 4) is 0 Å². The SMILES string of the molecule is Cc1nn(C)c(C)c1C(=O)C1CCCC(S(C)(=O)=O)C1. The number of nitrogens with zero attached hydrogens (tertiary/aromatic N) is 2. The van der Waals surface area contributed by atoms with Crippen LogP contribution < -0.4 is 0 Å². The zero-order valence-corrected chi connectivity index (χ0v) is 13.3. The molecule has 0 aliphatic heterocycles. The first kappa shape index (κ1) is 15.2. The normalized spacial score (nSPS) is 23.8. The van der Waals surface area contributed by atoms with Crippen LogP contribution in [0.4, 0.5) is 0 Å². The minimum Gasteiger partial charge on any atom is -0.294 e. The number of carbonyl (C=O) groups is 1. The molecule has 5 nitrogen and oxygen atoms in total. The van der Waals surface area contributed by atoms with E-state index in [1.54, 1.807) is 4.68 Å². The largest absolute Gasteiger partial charge is 0.294 e. The van der Waals surface area contributed by atoms with E-state index in [4.69, 9.17) is 0 Å². The maximum Gasteiger partial charge on any atom is 0.169 e. The molecule has 6 heteroatoms. The number of rotatable bonds is 3. The number of carbonyl (C=O) groups excluding carboxylic acids is 1. The van der Waals surface area contributed by atoms with Crippen LogP contribution in [0.15, 0.2) is 0 Å². The molecule has 1 saturated carbocycles. The van der Waals surface area contributed by atoms with E-state index in [0.717, 1.165) is 24.2 Å². The minimum absolute atomic E-state index is 0.0569. The highest BCUT2D eigenvalue weighted by molar-refractivity contribution is 7.91. The summed E-state index contributed by atoms with van der Waals surface area (Å²) in [6.07, 6.45) is 3.97. The Labute approximate surface area is 120 Å². The third kappa shape index (κ3) is 2.80. The summed E-state index contributed by atoms with van der Waals surface area (Å²) in [6, 6.07) is 0. The second-order valence-electron chi connectivity index (χ2n) is 5.85. The Morgan fingerprint density at radius 1 is 1.30 bits per heavy atom. The molecule has 112 valence electrons. The number of sulfone groups is 1. The average Bonchev–Trinajstić information content (AvgIpc) is 2.62. The molecule has 1 fully saturated rings. The molecule has 1 aromatic heterocycles. The average molecular weight is 298 g/mol. The molecular formula is C14H22N2O3S. The minimum atomic E-state index is -3.06. The monoisotopic (exact) mass is 298 g/mol. The van der Waals surface area contributed by atoms with Gasteiger partial charge in [0.2, 0.25) is 0 Å². The van der Waals surface area contributed by atoms with Crippen LogP contribution in [0, 0.1) is 19.8 Å². The summed E-state index contributed by atoms with van der Waals surface area (Å²) in [7, 11) is -1.24. The summed E-state index contributed by atoms with van der Waals surface area (Å²) in [6.45, 7) is 3.71. The summed E-state index contributed by atoms with van der Waals surface area (Å²) in [5.74, 6) is -0.133. The quantitative estimate of drug-likeness (QED) is 0.798. The molecule has 0 saturated heterocycles. The van der Waals surface area contributed by atoms with E-state index in [2.05, 4.69) is 5.10 Å². The molecule has 1 aromatic rings. The first-order valence-electron chi connectivity index (χ1n) is 6.95. The van der Waals surface area contributed by atoms with Crippen LogP contribution >= 0.6 is 0 Å². The van der Waals surface area contributed by atoms with Crippen LogP contribution in [0.5, 0.6) is 0 Å². The van der Waals surface area contributed by atoms with Gasteiger partial charge in [0.25, 0.3) is 0 Å². The van der Waals surface area contributed by atoms with Crippen molar-refractivity contribution < 1.29 is 13.2 Å². The van der Waals surface area contributed by atoms with Crippen LogP contribution in [-0.4, -0.2) is 35.5 Å². The number of ketones is 1. The van der Waals surface area contributed by atoms with Gasteiger partial charge in [-0.05, 0) is 33.1 Å². The number of Topliss-reactive ketones (excluding diaryl/α,β-unsaturated/α-hetero) is 1. The Bertz CT molecular complexity index is 631. The molecule has 1 aliphatic rings. The molecule has 1 heterocycles. The highest BCUT2D eigenvalue weighted by Gasteiger charge is 2.34. The summed E-state index contributed by atoms with van der Waals surface area (Å²) in [5, 5.41) is 3.90. The second kappa shape index (κ2) is 5.31. The van der Waals surface area contributed by atoms with Crippen molar-refractivity contribution in [2.75, 3.05) is 6.26 Å². The van der Waals surface area contributed by atoms with Gasteiger partial charge in [0.05, 0.1) is 16.5 Å². The van der Waals surface area contributed by atoms with Gasteiger partial charge in [-0.1, -0.05) is 6.42 Å². The Morgan fingerprint density at radius 3 is 2.45 bits per heavy atom. The lowest BCUT2D eigenvalue weighted by atomic mass is 9.83. The van der Waals surface area contributed by atoms with Crippen LogP contribution in [0.3, 0.4) is 0 Å². The van der Waals surface area contributed by atoms with Gasteiger partial charge in [0.15, 0.2) is 5.78 Å². The van der Waals surface area contributed by atoms with E-state index in [0.29, 0.717) is 18.4 Å². The van der Waals surface area contributed by atoms with Gasteiger partial charge >= 0.3 is 0 Å². The number of hydrogen-bond donors (Lipinski definition) is 0. The summed E-state index contributed by atoms with van der Waals surface area (Å²) < 4.78 is 25.1.